The van der Waals surface area contributed by atoms with Gasteiger partial charge in [0.25, 0.3) is 5.69 Å². The minimum absolute atomic E-state index is 0.0323. The number of hydrogen-bond acceptors (Lipinski definition) is 5. The Morgan fingerprint density at radius 2 is 2.05 bits per heavy atom. The normalized spacial score (nSPS) is 16.6. The largest absolute Gasteiger partial charge is 0.379 e. The second-order valence-corrected chi connectivity index (χ2v) is 7.00. The lowest BCUT2D eigenvalue weighted by Gasteiger charge is -2.38. The number of sulfonamides is 1. The molecule has 20 heavy (non-hydrogen) atoms. The van der Waals surface area contributed by atoms with Crippen molar-refractivity contribution in [3.63, 3.8) is 0 Å². The molecule has 7 nitrogen and oxygen atoms in total. The van der Waals surface area contributed by atoms with E-state index in [0.717, 1.165) is 0 Å². The van der Waals surface area contributed by atoms with Crippen LogP contribution in [0.2, 0.25) is 0 Å². The molecule has 0 unspecified atom stereocenters. The van der Waals surface area contributed by atoms with Crippen molar-refractivity contribution in [1.82, 2.24) is 4.31 Å². The van der Waals surface area contributed by atoms with Crippen LogP contribution in [0, 0.1) is 16.0 Å². The van der Waals surface area contributed by atoms with Crippen LogP contribution in [0.15, 0.2) is 24.3 Å². The molecule has 8 heteroatoms. The van der Waals surface area contributed by atoms with Crippen molar-refractivity contribution in [2.45, 2.75) is 6.92 Å². The predicted octanol–water partition coefficient (Wildman–Crippen LogP) is 1.29. The van der Waals surface area contributed by atoms with Gasteiger partial charge in [0.05, 0.1) is 10.7 Å². The van der Waals surface area contributed by atoms with Crippen LogP contribution in [-0.2, 0) is 10.0 Å². The fourth-order valence-electron chi connectivity index (χ4n) is 2.10. The van der Waals surface area contributed by atoms with Gasteiger partial charge in [-0.1, -0.05) is 12.1 Å². The van der Waals surface area contributed by atoms with Gasteiger partial charge in [-0.15, -0.1) is 0 Å². The van der Waals surface area contributed by atoms with E-state index in [1.165, 1.54) is 10.4 Å². The summed E-state index contributed by atoms with van der Waals surface area (Å²) in [5.41, 5.74) is 0.499. The number of benzene rings is 1. The third-order valence-corrected chi connectivity index (χ3v) is 5.18. The van der Waals surface area contributed by atoms with Gasteiger partial charge in [0.15, 0.2) is 0 Å². The highest BCUT2D eigenvalue weighted by Gasteiger charge is 2.34. The molecule has 0 amide bonds. The molecule has 0 aromatic heterocycles. The van der Waals surface area contributed by atoms with E-state index in [1.54, 1.807) is 25.1 Å². The Bertz CT molecular complexity index is 596. The molecule has 0 bridgehead atoms. The molecule has 1 aromatic carbocycles. The Kier molecular flexibility index (Phi) is 4.24. The standard InChI is InChI=1S/C12H17N3O4S/c1-2-20(18,19)14-8-10(9-14)7-13-11-5-3-4-6-12(11)15(16)17/h3-6,10,13H,2,7-9H2,1H3. The molecule has 0 radical (unpaired) electrons. The molecule has 0 saturated carbocycles. The van der Waals surface area contributed by atoms with Gasteiger partial charge in [0.2, 0.25) is 10.0 Å². The Morgan fingerprint density at radius 3 is 2.65 bits per heavy atom. The first-order valence-corrected chi connectivity index (χ1v) is 8.00. The average molecular weight is 299 g/mol. The number of hydrogen-bond donors (Lipinski definition) is 1. The number of nitro groups is 1. The maximum atomic E-state index is 11.6. The van der Waals surface area contributed by atoms with Crippen molar-refractivity contribution in [3.8, 4) is 0 Å². The maximum absolute atomic E-state index is 11.6. The minimum Gasteiger partial charge on any atom is -0.379 e. The number of nitrogens with zero attached hydrogens (tertiary/aromatic N) is 2. The molecule has 110 valence electrons. The summed E-state index contributed by atoms with van der Waals surface area (Å²) in [5, 5.41) is 13.9. The zero-order valence-corrected chi connectivity index (χ0v) is 12.0. The molecule has 1 fully saturated rings. The summed E-state index contributed by atoms with van der Waals surface area (Å²) >= 11 is 0. The van der Waals surface area contributed by atoms with Crippen LogP contribution in [0.3, 0.4) is 0 Å². The second-order valence-electron chi connectivity index (χ2n) is 4.74. The Balaban J connectivity index is 1.88. The number of rotatable bonds is 6. The lowest BCUT2D eigenvalue weighted by Crippen LogP contribution is -2.52. The van der Waals surface area contributed by atoms with Gasteiger partial charge >= 0.3 is 0 Å². The molecule has 1 heterocycles. The van der Waals surface area contributed by atoms with Crippen molar-refractivity contribution >= 4 is 21.4 Å². The summed E-state index contributed by atoms with van der Waals surface area (Å²) in [6.45, 7) is 3.10. The molecular formula is C12H17N3O4S. The highest BCUT2D eigenvalue weighted by molar-refractivity contribution is 7.89. The monoisotopic (exact) mass is 299 g/mol. The topological polar surface area (TPSA) is 92.6 Å². The van der Waals surface area contributed by atoms with Crippen LogP contribution < -0.4 is 5.32 Å². The maximum Gasteiger partial charge on any atom is 0.292 e. The molecule has 1 aliphatic rings. The van der Waals surface area contributed by atoms with Crippen LogP contribution in [0.4, 0.5) is 11.4 Å². The summed E-state index contributed by atoms with van der Waals surface area (Å²) in [4.78, 5) is 10.4. The van der Waals surface area contributed by atoms with Gasteiger partial charge in [0.1, 0.15) is 5.69 Å². The average Bonchev–Trinajstić information content (AvgIpc) is 2.37. The number of nitro benzene ring substituents is 1. The summed E-state index contributed by atoms with van der Waals surface area (Å²) in [6, 6.07) is 6.43. The van der Waals surface area contributed by atoms with Crippen LogP contribution in [-0.4, -0.2) is 43.0 Å². The molecular weight excluding hydrogens is 282 g/mol. The lowest BCUT2D eigenvalue weighted by molar-refractivity contribution is -0.384. The fraction of sp³-hybridized carbons (Fsp3) is 0.500. The quantitative estimate of drug-likeness (QED) is 0.631. The zero-order valence-electron chi connectivity index (χ0n) is 11.2. The van der Waals surface area contributed by atoms with Gasteiger partial charge < -0.3 is 5.32 Å². The van der Waals surface area contributed by atoms with Gasteiger partial charge in [0, 0.05) is 31.6 Å². The molecule has 1 aromatic rings. The van der Waals surface area contributed by atoms with E-state index in [4.69, 9.17) is 0 Å². The van der Waals surface area contributed by atoms with E-state index in [-0.39, 0.29) is 17.4 Å². The van der Waals surface area contributed by atoms with Crippen molar-refractivity contribution in [3.05, 3.63) is 34.4 Å². The van der Waals surface area contributed by atoms with Gasteiger partial charge in [-0.3, -0.25) is 10.1 Å². The first-order chi connectivity index (χ1) is 9.44. The number of nitrogens with one attached hydrogen (secondary N) is 1. The van der Waals surface area contributed by atoms with Crippen LogP contribution >= 0.6 is 0 Å². The van der Waals surface area contributed by atoms with Gasteiger partial charge in [-0.05, 0) is 13.0 Å². The highest BCUT2D eigenvalue weighted by atomic mass is 32.2. The van der Waals surface area contributed by atoms with E-state index in [0.29, 0.717) is 25.3 Å². The summed E-state index contributed by atoms with van der Waals surface area (Å²) in [7, 11) is -3.10. The Labute approximate surface area is 117 Å². The van der Waals surface area contributed by atoms with E-state index in [1.807, 2.05) is 0 Å². The van der Waals surface area contributed by atoms with E-state index in [9.17, 15) is 18.5 Å². The first kappa shape index (κ1) is 14.7. The van der Waals surface area contributed by atoms with Crippen molar-refractivity contribution in [1.29, 1.82) is 0 Å². The lowest BCUT2D eigenvalue weighted by atomic mass is 10.0. The van der Waals surface area contributed by atoms with Gasteiger partial charge in [-0.25, -0.2) is 12.7 Å². The highest BCUT2D eigenvalue weighted by Crippen LogP contribution is 2.25. The molecule has 0 atom stereocenters. The Morgan fingerprint density at radius 1 is 1.40 bits per heavy atom. The van der Waals surface area contributed by atoms with Crippen LogP contribution in [0.5, 0.6) is 0 Å². The SMILES string of the molecule is CCS(=O)(=O)N1CC(CNc2ccccc2[N+](=O)[O-])C1. The second kappa shape index (κ2) is 5.76. The van der Waals surface area contributed by atoms with E-state index < -0.39 is 14.9 Å². The zero-order chi connectivity index (χ0) is 14.8. The Hall–Kier alpha value is -1.67. The number of anilines is 1. The molecule has 2 rings (SSSR count). The van der Waals surface area contributed by atoms with Crippen molar-refractivity contribution in [2.24, 2.45) is 5.92 Å². The molecule has 0 spiro atoms. The van der Waals surface area contributed by atoms with Crippen molar-refractivity contribution in [2.75, 3.05) is 30.7 Å². The number of para-hydroxylation sites is 2. The first-order valence-electron chi connectivity index (χ1n) is 6.39. The summed E-state index contributed by atoms with van der Waals surface area (Å²) in [6.07, 6.45) is 0. The van der Waals surface area contributed by atoms with Gasteiger partial charge in [-0.2, -0.15) is 0 Å². The summed E-state index contributed by atoms with van der Waals surface area (Å²) < 4.78 is 24.6. The fourth-order valence-corrected chi connectivity index (χ4v) is 3.34. The third kappa shape index (κ3) is 3.07. The van der Waals surface area contributed by atoms with E-state index >= 15 is 0 Å². The molecule has 1 aliphatic heterocycles. The third-order valence-electron chi connectivity index (χ3n) is 3.36. The molecule has 1 saturated heterocycles. The van der Waals surface area contributed by atoms with E-state index in [2.05, 4.69) is 5.32 Å². The van der Waals surface area contributed by atoms with Crippen molar-refractivity contribution < 1.29 is 13.3 Å². The predicted molar refractivity (Wildman–Crippen MR) is 76.1 cm³/mol. The van der Waals surface area contributed by atoms with Crippen LogP contribution in [0.1, 0.15) is 6.92 Å². The molecule has 1 N–H and O–H groups in total. The summed E-state index contributed by atoms with van der Waals surface area (Å²) in [5.74, 6) is 0.299. The minimum atomic E-state index is -3.10. The molecule has 0 aliphatic carbocycles. The smallest absolute Gasteiger partial charge is 0.292 e. The van der Waals surface area contributed by atoms with Crippen LogP contribution in [0.25, 0.3) is 0 Å².